The van der Waals surface area contributed by atoms with Gasteiger partial charge in [-0.1, -0.05) is 18.5 Å². The zero-order valence-corrected chi connectivity index (χ0v) is 12.1. The van der Waals surface area contributed by atoms with Crippen molar-refractivity contribution in [3.05, 3.63) is 38.8 Å². The second-order valence-electron chi connectivity index (χ2n) is 4.16. The maximum absolute atomic E-state index is 10.2. The number of thiophene rings is 1. The van der Waals surface area contributed by atoms with Crippen molar-refractivity contribution in [1.82, 2.24) is 9.78 Å². The van der Waals surface area contributed by atoms with Crippen molar-refractivity contribution in [3.63, 3.8) is 0 Å². The largest absolute Gasteiger partial charge is 0.387 e. The highest BCUT2D eigenvalue weighted by atomic mass is 35.5. The number of aliphatic hydroxyl groups is 1. The van der Waals surface area contributed by atoms with E-state index >= 15 is 0 Å². The van der Waals surface area contributed by atoms with Crippen molar-refractivity contribution in [2.75, 3.05) is 0 Å². The zero-order chi connectivity index (χ0) is 13.1. The van der Waals surface area contributed by atoms with Gasteiger partial charge in [0.25, 0.3) is 0 Å². The van der Waals surface area contributed by atoms with Crippen LogP contribution < -0.4 is 0 Å². The summed E-state index contributed by atoms with van der Waals surface area (Å²) in [6, 6.07) is 5.77. The number of hydrogen-bond donors (Lipinski definition) is 1. The first-order valence-corrected chi connectivity index (χ1v) is 7.32. The average Bonchev–Trinajstić information content (AvgIpc) is 2.95. The molecule has 0 spiro atoms. The van der Waals surface area contributed by atoms with Crippen molar-refractivity contribution in [2.24, 2.45) is 0 Å². The quantitative estimate of drug-likeness (QED) is 0.913. The predicted octanol–water partition coefficient (Wildman–Crippen LogP) is 3.46. The Balaban J connectivity index is 2.15. The molecule has 2 aromatic rings. The number of aryl methyl sites for hydroxylation is 2. The van der Waals surface area contributed by atoms with Crippen LogP contribution in [0, 0.1) is 0 Å². The Morgan fingerprint density at radius 3 is 2.78 bits per heavy atom. The first-order valence-electron chi connectivity index (χ1n) is 6.13. The molecular weight excluding hydrogens is 268 g/mol. The zero-order valence-electron chi connectivity index (χ0n) is 10.6. The molecule has 18 heavy (non-hydrogen) atoms. The number of halogens is 1. The van der Waals surface area contributed by atoms with Crippen LogP contribution >= 0.6 is 22.9 Å². The van der Waals surface area contributed by atoms with Gasteiger partial charge in [-0.15, -0.1) is 11.3 Å². The topological polar surface area (TPSA) is 38.0 Å². The Morgan fingerprint density at radius 2 is 2.22 bits per heavy atom. The standard InChI is InChI=1S/C13H17ClN2OS/c1-3-9-7-10(16(4-2)15-9)8-11(17)12-5-6-13(14)18-12/h5-7,11,17H,3-4,8H2,1-2H3. The van der Waals surface area contributed by atoms with Crippen LogP contribution in [-0.4, -0.2) is 14.9 Å². The van der Waals surface area contributed by atoms with E-state index in [2.05, 4.69) is 25.0 Å². The summed E-state index contributed by atoms with van der Waals surface area (Å²) in [6.45, 7) is 4.97. The van der Waals surface area contributed by atoms with Gasteiger partial charge in [-0.25, -0.2) is 0 Å². The molecule has 2 rings (SSSR count). The summed E-state index contributed by atoms with van der Waals surface area (Å²) < 4.78 is 2.67. The second kappa shape index (κ2) is 5.87. The summed E-state index contributed by atoms with van der Waals surface area (Å²) in [4.78, 5) is 0.905. The van der Waals surface area contributed by atoms with Gasteiger partial charge in [0.2, 0.25) is 0 Å². The normalized spacial score (nSPS) is 12.9. The van der Waals surface area contributed by atoms with Crippen LogP contribution in [0.3, 0.4) is 0 Å². The molecule has 0 saturated carbocycles. The summed E-state index contributed by atoms with van der Waals surface area (Å²) in [5.74, 6) is 0. The second-order valence-corrected chi connectivity index (χ2v) is 5.90. The van der Waals surface area contributed by atoms with E-state index in [0.29, 0.717) is 10.8 Å². The molecule has 0 bridgehead atoms. The summed E-state index contributed by atoms with van der Waals surface area (Å²) in [5.41, 5.74) is 2.15. The summed E-state index contributed by atoms with van der Waals surface area (Å²) in [7, 11) is 0. The van der Waals surface area contributed by atoms with Crippen LogP contribution in [0.25, 0.3) is 0 Å². The molecule has 0 aliphatic rings. The first-order chi connectivity index (χ1) is 8.63. The molecule has 0 fully saturated rings. The van der Waals surface area contributed by atoms with Gasteiger partial charge >= 0.3 is 0 Å². The van der Waals surface area contributed by atoms with Crippen molar-refractivity contribution in [2.45, 2.75) is 39.3 Å². The Hall–Kier alpha value is -0.840. The molecule has 5 heteroatoms. The lowest BCUT2D eigenvalue weighted by Crippen LogP contribution is -2.07. The molecule has 0 aliphatic heterocycles. The molecule has 0 amide bonds. The molecule has 1 atom stereocenters. The minimum Gasteiger partial charge on any atom is -0.387 e. The highest BCUT2D eigenvalue weighted by molar-refractivity contribution is 7.16. The molecular formula is C13H17ClN2OS. The molecule has 2 aromatic heterocycles. The van der Waals surface area contributed by atoms with Crippen LogP contribution in [-0.2, 0) is 19.4 Å². The molecule has 3 nitrogen and oxygen atoms in total. The van der Waals surface area contributed by atoms with Crippen LogP contribution in [0.1, 0.15) is 36.2 Å². The molecule has 0 radical (unpaired) electrons. The van der Waals surface area contributed by atoms with Crippen LogP contribution in [0.15, 0.2) is 18.2 Å². The minimum atomic E-state index is -0.505. The number of nitrogens with zero attached hydrogens (tertiary/aromatic N) is 2. The Kier molecular flexibility index (Phi) is 4.43. The van der Waals surface area contributed by atoms with Crippen molar-refractivity contribution in [1.29, 1.82) is 0 Å². The van der Waals surface area contributed by atoms with Crippen LogP contribution in [0.4, 0.5) is 0 Å². The number of aromatic nitrogens is 2. The first kappa shape index (κ1) is 13.6. The van der Waals surface area contributed by atoms with E-state index in [0.717, 1.165) is 29.2 Å². The van der Waals surface area contributed by atoms with Gasteiger partial charge in [0.1, 0.15) is 0 Å². The lowest BCUT2D eigenvalue weighted by atomic mass is 10.1. The third-order valence-electron chi connectivity index (χ3n) is 2.90. The van der Waals surface area contributed by atoms with Crippen LogP contribution in [0.5, 0.6) is 0 Å². The van der Waals surface area contributed by atoms with Gasteiger partial charge in [0, 0.05) is 23.5 Å². The van der Waals surface area contributed by atoms with E-state index in [-0.39, 0.29) is 0 Å². The van der Waals surface area contributed by atoms with Crippen LogP contribution in [0.2, 0.25) is 4.34 Å². The molecule has 1 N–H and O–H groups in total. The van der Waals surface area contributed by atoms with Gasteiger partial charge in [-0.2, -0.15) is 5.10 Å². The lowest BCUT2D eigenvalue weighted by Gasteiger charge is -2.09. The lowest BCUT2D eigenvalue weighted by molar-refractivity contribution is 0.179. The molecule has 0 saturated heterocycles. The highest BCUT2D eigenvalue weighted by Crippen LogP contribution is 2.29. The fraction of sp³-hybridized carbons (Fsp3) is 0.462. The summed E-state index contributed by atoms with van der Waals surface area (Å²) in [6.07, 6.45) is 0.993. The van der Waals surface area contributed by atoms with E-state index in [9.17, 15) is 5.11 Å². The Bertz CT molecular complexity index is 521. The average molecular weight is 285 g/mol. The monoisotopic (exact) mass is 284 g/mol. The molecule has 98 valence electrons. The summed E-state index contributed by atoms with van der Waals surface area (Å²) in [5, 5.41) is 14.7. The van der Waals surface area contributed by atoms with Gasteiger partial charge in [-0.05, 0) is 31.5 Å². The smallest absolute Gasteiger partial charge is 0.0937 e. The molecule has 1 unspecified atom stereocenters. The Labute approximate surface area is 116 Å². The number of rotatable bonds is 5. The van der Waals surface area contributed by atoms with Gasteiger partial charge in [0.05, 0.1) is 16.1 Å². The minimum absolute atomic E-state index is 0.505. The van der Waals surface area contributed by atoms with E-state index in [1.165, 1.54) is 11.3 Å². The van der Waals surface area contributed by atoms with E-state index in [1.807, 2.05) is 16.8 Å². The molecule has 0 aliphatic carbocycles. The maximum Gasteiger partial charge on any atom is 0.0937 e. The Morgan fingerprint density at radius 1 is 1.44 bits per heavy atom. The van der Waals surface area contributed by atoms with Crippen molar-refractivity contribution < 1.29 is 5.11 Å². The fourth-order valence-corrected chi connectivity index (χ4v) is 2.98. The third kappa shape index (κ3) is 2.94. The van der Waals surface area contributed by atoms with Gasteiger partial charge in [-0.3, -0.25) is 4.68 Å². The third-order valence-corrected chi connectivity index (χ3v) is 4.23. The van der Waals surface area contributed by atoms with Gasteiger partial charge in [0.15, 0.2) is 0 Å². The van der Waals surface area contributed by atoms with Crippen molar-refractivity contribution in [3.8, 4) is 0 Å². The van der Waals surface area contributed by atoms with E-state index < -0.39 is 6.10 Å². The van der Waals surface area contributed by atoms with E-state index in [1.54, 1.807) is 0 Å². The van der Waals surface area contributed by atoms with Gasteiger partial charge < -0.3 is 5.11 Å². The van der Waals surface area contributed by atoms with Crippen molar-refractivity contribution >= 4 is 22.9 Å². The number of hydrogen-bond acceptors (Lipinski definition) is 3. The maximum atomic E-state index is 10.2. The SMILES string of the molecule is CCc1cc(CC(O)c2ccc(Cl)s2)n(CC)n1. The highest BCUT2D eigenvalue weighted by Gasteiger charge is 2.14. The predicted molar refractivity (Wildman–Crippen MR) is 75.3 cm³/mol. The molecule has 2 heterocycles. The fourth-order valence-electron chi connectivity index (χ4n) is 1.93. The summed E-state index contributed by atoms with van der Waals surface area (Å²) >= 11 is 7.31. The van der Waals surface area contributed by atoms with E-state index in [4.69, 9.17) is 11.6 Å². The molecule has 0 aromatic carbocycles. The number of aliphatic hydroxyl groups excluding tert-OH is 1.